The summed E-state index contributed by atoms with van der Waals surface area (Å²) in [6.07, 6.45) is 1.51. The van der Waals surface area contributed by atoms with Crippen LogP contribution in [-0.4, -0.2) is 10.2 Å². The maximum atomic E-state index is 13.9. The van der Waals surface area contributed by atoms with E-state index in [0.29, 0.717) is 15.7 Å². The Morgan fingerprint density at radius 2 is 2.12 bits per heavy atom. The third-order valence-corrected chi connectivity index (χ3v) is 2.92. The summed E-state index contributed by atoms with van der Waals surface area (Å²) in [6, 6.07) is 10.2. The SMILES string of the molecule is N#CC(c1cccnn1)c1cccc(Br)c1F. The molecule has 3 nitrogen and oxygen atoms in total. The van der Waals surface area contributed by atoms with Gasteiger partial charge in [0.25, 0.3) is 0 Å². The van der Waals surface area contributed by atoms with Gasteiger partial charge in [0.15, 0.2) is 0 Å². The van der Waals surface area contributed by atoms with E-state index in [2.05, 4.69) is 26.1 Å². The number of hydrogen-bond acceptors (Lipinski definition) is 3. The quantitative estimate of drug-likeness (QED) is 0.854. The number of nitriles is 1. The van der Waals surface area contributed by atoms with Crippen molar-refractivity contribution in [2.24, 2.45) is 0 Å². The molecule has 0 aliphatic carbocycles. The Bertz CT molecular complexity index is 566. The molecule has 1 heterocycles. The minimum atomic E-state index is -0.749. The summed E-state index contributed by atoms with van der Waals surface area (Å²) in [4.78, 5) is 0. The zero-order valence-electron chi connectivity index (χ0n) is 8.64. The smallest absolute Gasteiger partial charge is 0.142 e. The van der Waals surface area contributed by atoms with E-state index in [0.717, 1.165) is 0 Å². The topological polar surface area (TPSA) is 49.6 Å². The second-order valence-corrected chi connectivity index (χ2v) is 4.21. The number of hydrogen-bond donors (Lipinski definition) is 0. The predicted molar refractivity (Wildman–Crippen MR) is 63.6 cm³/mol. The van der Waals surface area contributed by atoms with Crippen molar-refractivity contribution in [2.45, 2.75) is 5.92 Å². The van der Waals surface area contributed by atoms with E-state index in [1.807, 2.05) is 6.07 Å². The largest absolute Gasteiger partial charge is 0.205 e. The van der Waals surface area contributed by atoms with E-state index in [1.165, 1.54) is 6.20 Å². The molecule has 1 unspecified atom stereocenters. The van der Waals surface area contributed by atoms with Crippen molar-refractivity contribution in [2.75, 3.05) is 0 Å². The Kier molecular flexibility index (Phi) is 3.45. The fourth-order valence-corrected chi connectivity index (χ4v) is 1.89. The van der Waals surface area contributed by atoms with Gasteiger partial charge in [0, 0.05) is 11.8 Å². The molecular formula is C12H7BrFN3. The van der Waals surface area contributed by atoms with Crippen LogP contribution in [0, 0.1) is 17.1 Å². The van der Waals surface area contributed by atoms with Crippen molar-refractivity contribution in [3.05, 3.63) is 58.1 Å². The normalized spacial score (nSPS) is 11.8. The third kappa shape index (κ3) is 2.32. The standard InChI is InChI=1S/C12H7BrFN3/c13-10-4-1-3-8(12(10)14)9(7-15)11-5-2-6-16-17-11/h1-6,9H. The first-order chi connectivity index (χ1) is 8.24. The van der Waals surface area contributed by atoms with Crippen LogP contribution in [-0.2, 0) is 0 Å². The van der Waals surface area contributed by atoms with Crippen LogP contribution in [0.15, 0.2) is 41.0 Å². The van der Waals surface area contributed by atoms with E-state index >= 15 is 0 Å². The van der Waals surface area contributed by atoms with Gasteiger partial charge in [-0.2, -0.15) is 15.5 Å². The predicted octanol–water partition coefficient (Wildman–Crippen LogP) is 3.03. The first kappa shape index (κ1) is 11.7. The summed E-state index contributed by atoms with van der Waals surface area (Å²) >= 11 is 3.10. The highest BCUT2D eigenvalue weighted by atomic mass is 79.9. The molecule has 0 aliphatic rings. The molecule has 0 aliphatic heterocycles. The van der Waals surface area contributed by atoms with Crippen LogP contribution in [0.2, 0.25) is 0 Å². The zero-order valence-corrected chi connectivity index (χ0v) is 10.2. The van der Waals surface area contributed by atoms with Gasteiger partial charge in [0.2, 0.25) is 0 Å². The van der Waals surface area contributed by atoms with Crippen molar-refractivity contribution in [1.29, 1.82) is 5.26 Å². The first-order valence-corrected chi connectivity index (χ1v) is 5.64. The van der Waals surface area contributed by atoms with Crippen LogP contribution in [0.25, 0.3) is 0 Å². The molecule has 1 aromatic heterocycles. The molecule has 0 N–H and O–H groups in total. The summed E-state index contributed by atoms with van der Waals surface area (Å²) in [5.74, 6) is -1.19. The van der Waals surface area contributed by atoms with Gasteiger partial charge in [0.05, 0.1) is 16.2 Å². The maximum absolute atomic E-state index is 13.9. The molecule has 0 amide bonds. The number of benzene rings is 1. The lowest BCUT2D eigenvalue weighted by atomic mass is 9.96. The number of nitrogens with zero attached hydrogens (tertiary/aromatic N) is 3. The summed E-state index contributed by atoms with van der Waals surface area (Å²) < 4.78 is 14.2. The molecule has 0 saturated carbocycles. The molecule has 17 heavy (non-hydrogen) atoms. The second-order valence-electron chi connectivity index (χ2n) is 3.35. The Balaban J connectivity index is 2.51. The van der Waals surface area contributed by atoms with E-state index in [1.54, 1.807) is 30.3 Å². The van der Waals surface area contributed by atoms with Gasteiger partial charge in [-0.05, 0) is 34.1 Å². The molecule has 2 aromatic rings. The van der Waals surface area contributed by atoms with Crippen molar-refractivity contribution < 1.29 is 4.39 Å². The molecule has 1 aromatic carbocycles. The number of aromatic nitrogens is 2. The van der Waals surface area contributed by atoms with Crippen LogP contribution < -0.4 is 0 Å². The summed E-state index contributed by atoms with van der Waals surface area (Å²) in [7, 11) is 0. The fourth-order valence-electron chi connectivity index (χ4n) is 1.51. The highest BCUT2D eigenvalue weighted by Crippen LogP contribution is 2.28. The van der Waals surface area contributed by atoms with Crippen LogP contribution in [0.4, 0.5) is 4.39 Å². The van der Waals surface area contributed by atoms with Gasteiger partial charge in [-0.25, -0.2) is 4.39 Å². The van der Waals surface area contributed by atoms with E-state index < -0.39 is 11.7 Å². The Hall–Kier alpha value is -1.80. The van der Waals surface area contributed by atoms with Gasteiger partial charge >= 0.3 is 0 Å². The third-order valence-electron chi connectivity index (χ3n) is 2.31. The lowest BCUT2D eigenvalue weighted by Crippen LogP contribution is -2.04. The van der Waals surface area contributed by atoms with Crippen LogP contribution >= 0.6 is 15.9 Å². The van der Waals surface area contributed by atoms with E-state index in [9.17, 15) is 4.39 Å². The fraction of sp³-hybridized carbons (Fsp3) is 0.0833. The highest BCUT2D eigenvalue weighted by molar-refractivity contribution is 9.10. The van der Waals surface area contributed by atoms with Crippen molar-refractivity contribution >= 4 is 15.9 Å². The van der Waals surface area contributed by atoms with Crippen LogP contribution in [0.3, 0.4) is 0 Å². The average molecular weight is 292 g/mol. The Labute approximate surface area is 106 Å². The van der Waals surface area contributed by atoms with Gasteiger partial charge in [-0.1, -0.05) is 12.1 Å². The number of halogens is 2. The Morgan fingerprint density at radius 3 is 2.76 bits per heavy atom. The van der Waals surface area contributed by atoms with Crippen LogP contribution in [0.1, 0.15) is 17.2 Å². The monoisotopic (exact) mass is 291 g/mol. The molecule has 0 fully saturated rings. The average Bonchev–Trinajstić information content (AvgIpc) is 2.37. The van der Waals surface area contributed by atoms with Gasteiger partial charge < -0.3 is 0 Å². The van der Waals surface area contributed by atoms with Crippen molar-refractivity contribution in [3.8, 4) is 6.07 Å². The first-order valence-electron chi connectivity index (χ1n) is 4.85. The molecule has 5 heteroatoms. The second kappa shape index (κ2) is 5.02. The minimum Gasteiger partial charge on any atom is -0.205 e. The molecule has 0 bridgehead atoms. The summed E-state index contributed by atoms with van der Waals surface area (Å²) in [6.45, 7) is 0. The zero-order chi connectivity index (χ0) is 12.3. The van der Waals surface area contributed by atoms with E-state index in [4.69, 9.17) is 5.26 Å². The molecule has 0 saturated heterocycles. The molecular weight excluding hydrogens is 285 g/mol. The highest BCUT2D eigenvalue weighted by Gasteiger charge is 2.20. The van der Waals surface area contributed by atoms with Gasteiger partial charge in [-0.15, -0.1) is 0 Å². The summed E-state index contributed by atoms with van der Waals surface area (Å²) in [5.41, 5.74) is 0.731. The lowest BCUT2D eigenvalue weighted by Gasteiger charge is -2.09. The molecule has 1 atom stereocenters. The minimum absolute atomic E-state index is 0.294. The molecule has 2 rings (SSSR count). The lowest BCUT2D eigenvalue weighted by molar-refractivity contribution is 0.600. The van der Waals surface area contributed by atoms with Crippen LogP contribution in [0.5, 0.6) is 0 Å². The Morgan fingerprint density at radius 1 is 1.29 bits per heavy atom. The maximum Gasteiger partial charge on any atom is 0.142 e. The molecule has 0 spiro atoms. The molecule has 0 radical (unpaired) electrons. The summed E-state index contributed by atoms with van der Waals surface area (Å²) in [5, 5.41) is 16.7. The van der Waals surface area contributed by atoms with E-state index in [-0.39, 0.29) is 0 Å². The number of rotatable bonds is 2. The van der Waals surface area contributed by atoms with Crippen molar-refractivity contribution in [1.82, 2.24) is 10.2 Å². The van der Waals surface area contributed by atoms with Crippen molar-refractivity contribution in [3.63, 3.8) is 0 Å². The van der Waals surface area contributed by atoms with Gasteiger partial charge in [-0.3, -0.25) is 0 Å². The molecule has 84 valence electrons. The van der Waals surface area contributed by atoms with Gasteiger partial charge in [0.1, 0.15) is 11.7 Å².